The fraction of sp³-hybridized carbons (Fsp3) is 0.250. The molecule has 1 saturated heterocycles. The number of hydrogen-bond donors (Lipinski definition) is 2. The summed E-state index contributed by atoms with van der Waals surface area (Å²) >= 11 is 0. The van der Waals surface area contributed by atoms with Crippen LogP contribution in [0.4, 0.5) is 30.2 Å². The number of halogens is 3. The van der Waals surface area contributed by atoms with E-state index in [1.807, 2.05) is 0 Å². The van der Waals surface area contributed by atoms with Crippen LogP contribution in [0.1, 0.15) is 19.3 Å². The molecule has 158 valence electrons. The van der Waals surface area contributed by atoms with E-state index >= 15 is 0 Å². The number of hydrogen-bond acceptors (Lipinski definition) is 4. The molecule has 2 aromatic carbocycles. The van der Waals surface area contributed by atoms with Gasteiger partial charge < -0.3 is 20.3 Å². The van der Waals surface area contributed by atoms with Crippen LogP contribution >= 0.6 is 0 Å². The van der Waals surface area contributed by atoms with E-state index in [1.165, 1.54) is 12.1 Å². The van der Waals surface area contributed by atoms with Crippen molar-refractivity contribution in [3.8, 4) is 5.75 Å². The van der Waals surface area contributed by atoms with Crippen molar-refractivity contribution in [3.05, 3.63) is 48.5 Å². The second-order valence-electron chi connectivity index (χ2n) is 6.53. The van der Waals surface area contributed by atoms with Gasteiger partial charge in [0.2, 0.25) is 5.91 Å². The monoisotopic (exact) mass is 421 g/mol. The number of nitrogens with one attached hydrogen (secondary N) is 2. The van der Waals surface area contributed by atoms with E-state index < -0.39 is 23.9 Å². The highest BCUT2D eigenvalue weighted by Gasteiger charge is 2.31. The summed E-state index contributed by atoms with van der Waals surface area (Å²) in [5, 5.41) is 4.72. The Balaban J connectivity index is 1.60. The number of amides is 3. The van der Waals surface area contributed by atoms with E-state index in [9.17, 15) is 27.6 Å². The van der Waals surface area contributed by atoms with E-state index in [4.69, 9.17) is 0 Å². The van der Waals surface area contributed by atoms with Crippen molar-refractivity contribution in [2.24, 2.45) is 0 Å². The molecule has 0 radical (unpaired) electrons. The molecular formula is C20H18F3N3O4. The number of ether oxygens (including phenoxy) is 1. The Hall–Kier alpha value is -3.56. The summed E-state index contributed by atoms with van der Waals surface area (Å²) in [6.07, 6.45) is -2.63. The summed E-state index contributed by atoms with van der Waals surface area (Å²) in [4.78, 5) is 37.9. The fourth-order valence-electron chi connectivity index (χ4n) is 2.95. The normalized spacial score (nSPS) is 14.2. The van der Waals surface area contributed by atoms with Crippen molar-refractivity contribution in [2.45, 2.75) is 25.6 Å². The molecule has 2 N–H and O–H groups in total. The first kappa shape index (κ1) is 21.2. The average molecular weight is 421 g/mol. The predicted octanol–water partition coefficient (Wildman–Crippen LogP) is 3.68. The van der Waals surface area contributed by atoms with Gasteiger partial charge in [-0.3, -0.25) is 14.4 Å². The summed E-state index contributed by atoms with van der Waals surface area (Å²) in [6.45, 7) is 0.588. The minimum absolute atomic E-state index is 0.000388. The molecule has 7 nitrogen and oxygen atoms in total. The number of alkyl halides is 3. The molecule has 1 fully saturated rings. The third-order valence-corrected chi connectivity index (χ3v) is 4.29. The molecule has 2 aromatic rings. The molecule has 1 aliphatic heterocycles. The Morgan fingerprint density at radius 2 is 1.60 bits per heavy atom. The quantitative estimate of drug-likeness (QED) is 0.738. The van der Waals surface area contributed by atoms with Crippen molar-refractivity contribution in [2.75, 3.05) is 22.1 Å². The lowest BCUT2D eigenvalue weighted by Crippen LogP contribution is -2.35. The second kappa shape index (κ2) is 8.85. The van der Waals surface area contributed by atoms with Crippen LogP contribution in [0.25, 0.3) is 0 Å². The Bertz CT molecular complexity index is 945. The maximum atomic E-state index is 12.2. The number of carbonyl (C=O) groups is 3. The van der Waals surface area contributed by atoms with Gasteiger partial charge in [-0.1, -0.05) is 6.07 Å². The van der Waals surface area contributed by atoms with Gasteiger partial charge in [-0.15, -0.1) is 13.2 Å². The topological polar surface area (TPSA) is 87.7 Å². The van der Waals surface area contributed by atoms with Crippen LogP contribution in [-0.2, 0) is 14.4 Å². The first-order valence-electron chi connectivity index (χ1n) is 9.10. The van der Waals surface area contributed by atoms with Crippen LogP contribution in [0.3, 0.4) is 0 Å². The summed E-state index contributed by atoms with van der Waals surface area (Å²) in [5.74, 6) is -2.42. The van der Waals surface area contributed by atoms with E-state index in [0.717, 1.165) is 25.0 Å². The van der Waals surface area contributed by atoms with Gasteiger partial charge in [-0.2, -0.15) is 0 Å². The zero-order valence-corrected chi connectivity index (χ0v) is 15.7. The number of benzene rings is 2. The Morgan fingerprint density at radius 1 is 0.933 bits per heavy atom. The van der Waals surface area contributed by atoms with Gasteiger partial charge in [-0.25, -0.2) is 0 Å². The first-order chi connectivity index (χ1) is 14.2. The zero-order chi connectivity index (χ0) is 21.7. The van der Waals surface area contributed by atoms with Crippen LogP contribution in [0.2, 0.25) is 0 Å². The highest BCUT2D eigenvalue weighted by Crippen LogP contribution is 2.25. The van der Waals surface area contributed by atoms with E-state index in [-0.39, 0.29) is 11.6 Å². The third-order valence-electron chi connectivity index (χ3n) is 4.29. The second-order valence-corrected chi connectivity index (χ2v) is 6.53. The zero-order valence-electron chi connectivity index (χ0n) is 15.7. The van der Waals surface area contributed by atoms with Crippen molar-refractivity contribution < 1.29 is 32.3 Å². The smallest absolute Gasteiger partial charge is 0.406 e. The van der Waals surface area contributed by atoms with E-state index in [1.54, 1.807) is 29.2 Å². The number of rotatable bonds is 4. The Morgan fingerprint density at radius 3 is 2.23 bits per heavy atom. The molecule has 0 bridgehead atoms. The number of nitrogens with zero attached hydrogens (tertiary/aromatic N) is 1. The lowest BCUT2D eigenvalue weighted by Gasteiger charge is -2.27. The fourth-order valence-corrected chi connectivity index (χ4v) is 2.95. The summed E-state index contributed by atoms with van der Waals surface area (Å²) in [6, 6.07) is 10.9. The van der Waals surface area contributed by atoms with Crippen LogP contribution in [0.15, 0.2) is 48.5 Å². The minimum atomic E-state index is -4.82. The van der Waals surface area contributed by atoms with Crippen molar-refractivity contribution in [1.29, 1.82) is 0 Å². The predicted molar refractivity (Wildman–Crippen MR) is 103 cm³/mol. The first-order valence-corrected chi connectivity index (χ1v) is 9.10. The molecule has 0 unspecified atom stereocenters. The SMILES string of the molecule is O=C(Nc1ccc(OC(F)(F)F)cc1)C(=O)Nc1cccc(N2CCCCC2=O)c1. The number of carbonyl (C=O) groups excluding carboxylic acids is 3. The lowest BCUT2D eigenvalue weighted by molar-refractivity contribution is -0.274. The van der Waals surface area contributed by atoms with Gasteiger partial charge in [-0.05, 0) is 55.3 Å². The lowest BCUT2D eigenvalue weighted by atomic mass is 10.1. The average Bonchev–Trinajstić information content (AvgIpc) is 2.69. The van der Waals surface area contributed by atoms with Gasteiger partial charge in [0, 0.05) is 30.0 Å². The highest BCUT2D eigenvalue weighted by molar-refractivity contribution is 6.43. The van der Waals surface area contributed by atoms with Gasteiger partial charge in [0.15, 0.2) is 0 Å². The molecule has 1 aliphatic rings. The summed E-state index contributed by atoms with van der Waals surface area (Å²) in [7, 11) is 0. The maximum Gasteiger partial charge on any atom is 0.573 e. The van der Waals surface area contributed by atoms with Crippen LogP contribution in [0, 0.1) is 0 Å². The molecule has 30 heavy (non-hydrogen) atoms. The van der Waals surface area contributed by atoms with E-state index in [2.05, 4.69) is 15.4 Å². The number of anilines is 3. The maximum absolute atomic E-state index is 12.2. The molecular weight excluding hydrogens is 403 g/mol. The number of piperidine rings is 1. The third kappa shape index (κ3) is 5.72. The van der Waals surface area contributed by atoms with Crippen molar-refractivity contribution >= 4 is 34.8 Å². The molecule has 3 amide bonds. The molecule has 1 heterocycles. The largest absolute Gasteiger partial charge is 0.573 e. The van der Waals surface area contributed by atoms with Gasteiger partial charge in [0.05, 0.1) is 0 Å². The Kier molecular flexibility index (Phi) is 6.24. The molecule has 0 atom stereocenters. The van der Waals surface area contributed by atoms with Crippen LogP contribution in [-0.4, -0.2) is 30.6 Å². The van der Waals surface area contributed by atoms with Crippen LogP contribution in [0.5, 0.6) is 5.75 Å². The molecule has 3 rings (SSSR count). The summed E-state index contributed by atoms with van der Waals surface area (Å²) < 4.78 is 40.2. The van der Waals surface area contributed by atoms with Gasteiger partial charge in [0.1, 0.15) is 5.75 Å². The van der Waals surface area contributed by atoms with Gasteiger partial charge >= 0.3 is 18.2 Å². The van der Waals surface area contributed by atoms with Crippen molar-refractivity contribution in [1.82, 2.24) is 0 Å². The van der Waals surface area contributed by atoms with Crippen molar-refractivity contribution in [3.63, 3.8) is 0 Å². The minimum Gasteiger partial charge on any atom is -0.406 e. The highest BCUT2D eigenvalue weighted by atomic mass is 19.4. The van der Waals surface area contributed by atoms with Crippen LogP contribution < -0.4 is 20.3 Å². The standard InChI is InChI=1S/C20H18F3N3O4/c21-20(22,23)30-16-9-7-13(8-10-16)24-18(28)19(29)25-14-4-3-5-15(12-14)26-11-2-1-6-17(26)27/h3-5,7-10,12H,1-2,6,11H2,(H,24,28)(H,25,29). The molecule has 10 heteroatoms. The van der Waals surface area contributed by atoms with Gasteiger partial charge in [0.25, 0.3) is 0 Å². The molecule has 0 aliphatic carbocycles. The molecule has 0 spiro atoms. The molecule has 0 saturated carbocycles. The Labute approximate surface area is 169 Å². The van der Waals surface area contributed by atoms with E-state index in [0.29, 0.717) is 24.3 Å². The summed E-state index contributed by atoms with van der Waals surface area (Å²) in [5.41, 5.74) is 1.08. The molecule has 0 aromatic heterocycles.